The second kappa shape index (κ2) is 11.9. The predicted octanol–water partition coefficient (Wildman–Crippen LogP) is 5.94. The molecule has 5 nitrogen and oxygen atoms in total. The van der Waals surface area contributed by atoms with Crippen LogP contribution in [0.3, 0.4) is 0 Å². The van der Waals surface area contributed by atoms with E-state index in [2.05, 4.69) is 59.3 Å². The van der Waals surface area contributed by atoms with Crippen LogP contribution in [0.2, 0.25) is 0 Å². The number of fused-ring (bicyclic) bond motifs is 1. The average Bonchev–Trinajstić information content (AvgIpc) is 3.16. The first-order valence-electron chi connectivity index (χ1n) is 12.3. The van der Waals surface area contributed by atoms with E-state index in [-0.39, 0.29) is 11.3 Å². The van der Waals surface area contributed by atoms with Gasteiger partial charge < -0.3 is 14.6 Å². The lowest BCUT2D eigenvalue weighted by molar-refractivity contribution is -0.128. The van der Waals surface area contributed by atoms with Gasteiger partial charge >= 0.3 is 0 Å². The van der Waals surface area contributed by atoms with Crippen molar-refractivity contribution in [2.75, 3.05) is 13.2 Å². The summed E-state index contributed by atoms with van der Waals surface area (Å²) in [5.74, 6) is 2.19. The Morgan fingerprint density at radius 1 is 1.00 bits per heavy atom. The monoisotopic (exact) mass is 449 g/mol. The number of para-hydroxylation sites is 2. The summed E-state index contributed by atoms with van der Waals surface area (Å²) in [4.78, 5) is 16.9. The fourth-order valence-corrected chi connectivity index (χ4v) is 3.85. The van der Waals surface area contributed by atoms with Gasteiger partial charge in [0.15, 0.2) is 0 Å². The molecule has 0 bridgehead atoms. The molecule has 0 fully saturated rings. The van der Waals surface area contributed by atoms with E-state index in [1.54, 1.807) is 0 Å². The smallest absolute Gasteiger partial charge is 0.225 e. The van der Waals surface area contributed by atoms with Gasteiger partial charge in [0.2, 0.25) is 5.91 Å². The Hall–Kier alpha value is -2.82. The van der Waals surface area contributed by atoms with E-state index in [0.29, 0.717) is 6.61 Å². The number of unbranched alkanes of at least 4 members (excludes halogenated alkanes) is 2. The van der Waals surface area contributed by atoms with Gasteiger partial charge in [-0.25, -0.2) is 4.98 Å². The molecule has 0 unspecified atom stereocenters. The zero-order chi connectivity index (χ0) is 23.7. The Morgan fingerprint density at radius 2 is 1.76 bits per heavy atom. The Morgan fingerprint density at radius 3 is 2.48 bits per heavy atom. The number of benzene rings is 2. The topological polar surface area (TPSA) is 56.1 Å². The van der Waals surface area contributed by atoms with Gasteiger partial charge in [-0.05, 0) is 55.5 Å². The number of carbonyl (C=O) groups is 1. The molecule has 2 aromatic carbocycles. The summed E-state index contributed by atoms with van der Waals surface area (Å²) < 4.78 is 8.30. The third-order valence-corrected chi connectivity index (χ3v) is 5.90. The second-order valence-corrected chi connectivity index (χ2v) is 9.68. The normalized spacial score (nSPS) is 11.6. The maximum absolute atomic E-state index is 12.0. The number of hydrogen-bond donors (Lipinski definition) is 1. The summed E-state index contributed by atoms with van der Waals surface area (Å²) in [6.45, 7) is 10.3. The summed E-state index contributed by atoms with van der Waals surface area (Å²) >= 11 is 0. The molecule has 33 heavy (non-hydrogen) atoms. The van der Waals surface area contributed by atoms with Crippen molar-refractivity contribution in [3.63, 3.8) is 0 Å². The van der Waals surface area contributed by atoms with E-state index in [0.717, 1.165) is 68.7 Å². The van der Waals surface area contributed by atoms with Crippen molar-refractivity contribution >= 4 is 16.9 Å². The lowest BCUT2D eigenvalue weighted by Gasteiger charge is -2.17. The molecule has 1 aromatic heterocycles. The van der Waals surface area contributed by atoms with Crippen LogP contribution in [0.15, 0.2) is 48.5 Å². The maximum atomic E-state index is 12.0. The first-order valence-corrected chi connectivity index (χ1v) is 12.3. The molecule has 0 spiro atoms. The number of aryl methyl sites for hydroxylation is 3. The summed E-state index contributed by atoms with van der Waals surface area (Å²) in [6.07, 6.45) is 6.05. The number of nitrogens with one attached hydrogen (secondary N) is 1. The van der Waals surface area contributed by atoms with E-state index < -0.39 is 0 Å². The largest absolute Gasteiger partial charge is 0.494 e. The number of carbonyl (C=O) groups excluding carboxylic acids is 1. The number of aromatic nitrogens is 2. The van der Waals surface area contributed by atoms with Crippen molar-refractivity contribution in [2.24, 2.45) is 5.41 Å². The summed E-state index contributed by atoms with van der Waals surface area (Å²) in [5, 5.41) is 3.03. The summed E-state index contributed by atoms with van der Waals surface area (Å²) in [6, 6.07) is 16.7. The fraction of sp³-hybridized carbons (Fsp3) is 0.500. The Kier molecular flexibility index (Phi) is 8.93. The van der Waals surface area contributed by atoms with Gasteiger partial charge in [0, 0.05) is 24.9 Å². The third kappa shape index (κ3) is 7.34. The number of imidazole rings is 1. The molecule has 0 saturated heterocycles. The molecular formula is C28H39N3O2. The highest BCUT2D eigenvalue weighted by Gasteiger charge is 2.20. The van der Waals surface area contributed by atoms with Crippen molar-refractivity contribution < 1.29 is 9.53 Å². The van der Waals surface area contributed by atoms with Gasteiger partial charge in [0.05, 0.1) is 17.6 Å². The average molecular weight is 450 g/mol. The Balaban J connectivity index is 1.48. The highest BCUT2D eigenvalue weighted by Crippen LogP contribution is 2.19. The van der Waals surface area contributed by atoms with Crippen LogP contribution in [-0.4, -0.2) is 28.6 Å². The molecule has 3 rings (SSSR count). The molecule has 0 saturated carbocycles. The van der Waals surface area contributed by atoms with Gasteiger partial charge in [0.1, 0.15) is 11.6 Å². The SMILES string of the molecule is CCc1ccc(OCCCn2c(CCCCCNC(=O)C(C)(C)C)nc3ccccc32)cc1. The predicted molar refractivity (Wildman–Crippen MR) is 136 cm³/mol. The van der Waals surface area contributed by atoms with Gasteiger partial charge in [-0.15, -0.1) is 0 Å². The lowest BCUT2D eigenvalue weighted by atomic mass is 9.96. The quantitative estimate of drug-likeness (QED) is 0.348. The first-order chi connectivity index (χ1) is 15.9. The highest BCUT2D eigenvalue weighted by molar-refractivity contribution is 5.81. The minimum absolute atomic E-state index is 0.118. The van der Waals surface area contributed by atoms with Crippen molar-refractivity contribution in [3.8, 4) is 5.75 Å². The number of hydrogen-bond acceptors (Lipinski definition) is 3. The van der Waals surface area contributed by atoms with Gasteiger partial charge in [-0.3, -0.25) is 4.79 Å². The van der Waals surface area contributed by atoms with Crippen LogP contribution in [0, 0.1) is 5.41 Å². The van der Waals surface area contributed by atoms with Crippen molar-refractivity contribution in [1.29, 1.82) is 0 Å². The third-order valence-electron chi connectivity index (χ3n) is 5.90. The van der Waals surface area contributed by atoms with Crippen LogP contribution in [0.25, 0.3) is 11.0 Å². The minimum Gasteiger partial charge on any atom is -0.494 e. The molecule has 1 N–H and O–H groups in total. The fourth-order valence-electron chi connectivity index (χ4n) is 3.85. The number of amides is 1. The molecule has 178 valence electrons. The minimum atomic E-state index is -0.326. The zero-order valence-electron chi connectivity index (χ0n) is 20.7. The number of ether oxygens (including phenoxy) is 1. The molecule has 1 heterocycles. The van der Waals surface area contributed by atoms with Crippen LogP contribution in [0.5, 0.6) is 5.75 Å². The Bertz CT molecular complexity index is 1020. The van der Waals surface area contributed by atoms with Crippen LogP contribution in [0.4, 0.5) is 0 Å². The maximum Gasteiger partial charge on any atom is 0.225 e. The number of nitrogens with zero attached hydrogens (tertiary/aromatic N) is 2. The molecule has 3 aromatic rings. The molecule has 1 amide bonds. The van der Waals surface area contributed by atoms with Crippen LogP contribution < -0.4 is 10.1 Å². The molecule has 0 aliphatic rings. The summed E-state index contributed by atoms with van der Waals surface area (Å²) in [5.41, 5.74) is 3.25. The van der Waals surface area contributed by atoms with E-state index in [9.17, 15) is 4.79 Å². The van der Waals surface area contributed by atoms with Gasteiger partial charge in [0.25, 0.3) is 0 Å². The van der Waals surface area contributed by atoms with E-state index in [1.165, 1.54) is 11.1 Å². The highest BCUT2D eigenvalue weighted by atomic mass is 16.5. The van der Waals surface area contributed by atoms with Crippen LogP contribution in [0.1, 0.15) is 64.8 Å². The van der Waals surface area contributed by atoms with Gasteiger partial charge in [-0.2, -0.15) is 0 Å². The zero-order valence-corrected chi connectivity index (χ0v) is 20.7. The molecule has 0 atom stereocenters. The second-order valence-electron chi connectivity index (χ2n) is 9.68. The van der Waals surface area contributed by atoms with E-state index >= 15 is 0 Å². The Labute approximate surface area is 198 Å². The molecule has 0 aliphatic carbocycles. The van der Waals surface area contributed by atoms with Gasteiger partial charge in [-0.1, -0.05) is 58.4 Å². The molecule has 0 aliphatic heterocycles. The molecular weight excluding hydrogens is 410 g/mol. The van der Waals surface area contributed by atoms with Crippen LogP contribution >= 0.6 is 0 Å². The van der Waals surface area contributed by atoms with Crippen molar-refractivity contribution in [1.82, 2.24) is 14.9 Å². The van der Waals surface area contributed by atoms with Crippen LogP contribution in [-0.2, 0) is 24.2 Å². The lowest BCUT2D eigenvalue weighted by Crippen LogP contribution is -2.35. The number of rotatable bonds is 12. The first kappa shape index (κ1) is 24.8. The van der Waals surface area contributed by atoms with Crippen molar-refractivity contribution in [2.45, 2.75) is 72.8 Å². The van der Waals surface area contributed by atoms with E-state index in [1.807, 2.05) is 26.8 Å². The summed E-state index contributed by atoms with van der Waals surface area (Å²) in [7, 11) is 0. The standard InChI is InChI=1S/C28H39N3O2/c1-5-22-15-17-23(18-16-22)33-21-11-20-31-25-13-9-8-12-24(25)30-26(31)14-7-6-10-19-29-27(32)28(2,3)4/h8-9,12-13,15-18H,5-7,10-11,14,19-21H2,1-4H3,(H,29,32). The van der Waals surface area contributed by atoms with Crippen molar-refractivity contribution in [3.05, 3.63) is 59.9 Å². The van der Waals surface area contributed by atoms with E-state index in [4.69, 9.17) is 9.72 Å². The molecule has 5 heteroatoms. The molecule has 0 radical (unpaired) electrons.